The van der Waals surface area contributed by atoms with Crippen LogP contribution in [0.3, 0.4) is 0 Å². The molecular weight excluding hydrogens is 391 g/mol. The first-order chi connectivity index (χ1) is 13.5. The van der Waals surface area contributed by atoms with Crippen LogP contribution in [0.4, 0.5) is 4.39 Å². The third-order valence-electron chi connectivity index (χ3n) is 4.06. The predicted octanol–water partition coefficient (Wildman–Crippen LogP) is 1.39. The molecule has 0 unspecified atom stereocenters. The molecule has 0 bridgehead atoms. The van der Waals surface area contributed by atoms with Crippen molar-refractivity contribution in [3.63, 3.8) is 0 Å². The molecule has 2 aromatic carbocycles. The molecule has 0 spiro atoms. The van der Waals surface area contributed by atoms with E-state index in [1.807, 2.05) is 0 Å². The highest BCUT2D eigenvalue weighted by molar-refractivity contribution is 7.79. The maximum atomic E-state index is 13.0. The molecule has 0 amide bonds. The van der Waals surface area contributed by atoms with Gasteiger partial charge in [0.15, 0.2) is 12.2 Å². The molecule has 5 atom stereocenters. The Hall–Kier alpha value is -2.30. The second kappa shape index (κ2) is 9.26. The summed E-state index contributed by atoms with van der Waals surface area (Å²) in [6.07, 6.45) is -6.55. The number of ether oxygens (including phenoxy) is 4. The van der Waals surface area contributed by atoms with Crippen molar-refractivity contribution in [2.24, 2.45) is 0 Å². The quantitative estimate of drug-likeness (QED) is 0.637. The van der Waals surface area contributed by atoms with Crippen molar-refractivity contribution in [2.45, 2.75) is 30.7 Å². The summed E-state index contributed by atoms with van der Waals surface area (Å²) in [7, 11) is 0. The van der Waals surface area contributed by atoms with E-state index < -0.39 is 43.1 Å². The van der Waals surface area contributed by atoms with Crippen LogP contribution in [0.1, 0.15) is 0 Å². The van der Waals surface area contributed by atoms with Crippen LogP contribution >= 0.6 is 12.2 Å². The van der Waals surface area contributed by atoms with Gasteiger partial charge in [-0.05, 0) is 36.4 Å². The zero-order valence-corrected chi connectivity index (χ0v) is 15.4. The molecule has 1 heterocycles. The van der Waals surface area contributed by atoms with Crippen LogP contribution in [0.5, 0.6) is 11.5 Å². The summed E-state index contributed by atoms with van der Waals surface area (Å²) in [6, 6.07) is 13.7. The molecule has 1 fully saturated rings. The number of para-hydroxylation sites is 1. The average molecular weight is 410 g/mol. The molecule has 1 aliphatic rings. The number of halogens is 1. The van der Waals surface area contributed by atoms with Gasteiger partial charge in [0.25, 0.3) is 0 Å². The smallest absolute Gasteiger partial charge is 0.358 e. The molecule has 1 saturated heterocycles. The number of aliphatic hydroxyl groups excluding tert-OH is 3. The lowest BCUT2D eigenvalue weighted by Crippen LogP contribution is -2.61. The Morgan fingerprint density at radius 1 is 1.00 bits per heavy atom. The van der Waals surface area contributed by atoms with Gasteiger partial charge >= 0.3 is 5.24 Å². The van der Waals surface area contributed by atoms with Gasteiger partial charge in [-0.1, -0.05) is 18.2 Å². The first kappa shape index (κ1) is 20.4. The van der Waals surface area contributed by atoms with Gasteiger partial charge in [0.1, 0.15) is 29.5 Å². The Balaban J connectivity index is 1.70. The molecule has 3 rings (SSSR count). The number of rotatable bonds is 5. The van der Waals surface area contributed by atoms with E-state index in [0.29, 0.717) is 5.75 Å². The number of thiocarbonyl (C=S) groups is 1. The van der Waals surface area contributed by atoms with Crippen LogP contribution in [0.2, 0.25) is 0 Å². The van der Waals surface area contributed by atoms with Crippen molar-refractivity contribution in [2.75, 3.05) is 6.61 Å². The number of benzene rings is 2. The minimum Gasteiger partial charge on any atom is -0.462 e. The fourth-order valence-corrected chi connectivity index (χ4v) is 2.86. The Morgan fingerprint density at radius 2 is 1.68 bits per heavy atom. The summed E-state index contributed by atoms with van der Waals surface area (Å²) in [5, 5.41) is 30.0. The molecular formula is C19H19FO7S. The molecule has 1 aliphatic heterocycles. The lowest BCUT2D eigenvalue weighted by Gasteiger charge is -2.41. The van der Waals surface area contributed by atoms with Crippen LogP contribution in [-0.2, 0) is 9.47 Å². The highest BCUT2D eigenvalue weighted by Crippen LogP contribution is 2.27. The van der Waals surface area contributed by atoms with Crippen LogP contribution in [0.25, 0.3) is 0 Å². The van der Waals surface area contributed by atoms with Gasteiger partial charge in [0.05, 0.1) is 6.61 Å². The van der Waals surface area contributed by atoms with E-state index in [1.165, 1.54) is 24.3 Å². The van der Waals surface area contributed by atoms with Gasteiger partial charge in [-0.15, -0.1) is 0 Å². The van der Waals surface area contributed by atoms with E-state index in [1.54, 1.807) is 30.3 Å². The molecule has 0 aliphatic carbocycles. The second-order valence-corrected chi connectivity index (χ2v) is 6.36. The summed E-state index contributed by atoms with van der Waals surface area (Å²) in [5.41, 5.74) is 0. The lowest BCUT2D eigenvalue weighted by molar-refractivity contribution is -0.275. The molecule has 9 heteroatoms. The summed E-state index contributed by atoms with van der Waals surface area (Å²) in [6.45, 7) is -0.552. The van der Waals surface area contributed by atoms with Gasteiger partial charge in [-0.2, -0.15) is 0 Å². The highest BCUT2D eigenvalue weighted by Gasteiger charge is 2.47. The molecule has 0 saturated carbocycles. The maximum Gasteiger partial charge on any atom is 0.358 e. The van der Waals surface area contributed by atoms with E-state index in [-0.39, 0.29) is 11.0 Å². The van der Waals surface area contributed by atoms with E-state index in [4.69, 9.17) is 31.2 Å². The third kappa shape index (κ3) is 4.94. The summed E-state index contributed by atoms with van der Waals surface area (Å²) >= 11 is 5.03. The Bertz CT molecular complexity index is 774. The number of hydrogen-bond donors (Lipinski definition) is 3. The van der Waals surface area contributed by atoms with Crippen molar-refractivity contribution in [1.82, 2.24) is 0 Å². The zero-order chi connectivity index (χ0) is 20.1. The minimum atomic E-state index is -1.47. The first-order valence-corrected chi connectivity index (χ1v) is 8.87. The number of hydrogen-bond acceptors (Lipinski definition) is 8. The zero-order valence-electron chi connectivity index (χ0n) is 14.6. The van der Waals surface area contributed by atoms with Crippen LogP contribution in [0.15, 0.2) is 54.6 Å². The monoisotopic (exact) mass is 410 g/mol. The SMILES string of the molecule is OC[C@H]1O[C@@H](Oc2ccc(F)cc2)[C@@H](O)[C@@H](OC(=S)Oc2ccccc2)[C@@H]1O. The fraction of sp³-hybridized carbons (Fsp3) is 0.316. The third-order valence-corrected chi connectivity index (χ3v) is 4.24. The molecule has 150 valence electrons. The predicted molar refractivity (Wildman–Crippen MR) is 99.3 cm³/mol. The molecule has 28 heavy (non-hydrogen) atoms. The fourth-order valence-electron chi connectivity index (χ4n) is 2.66. The van der Waals surface area contributed by atoms with Crippen molar-refractivity contribution >= 4 is 17.5 Å². The van der Waals surface area contributed by atoms with Gasteiger partial charge in [0, 0.05) is 12.2 Å². The van der Waals surface area contributed by atoms with Gasteiger partial charge in [-0.25, -0.2) is 4.39 Å². The standard InChI is InChI=1S/C19H19FO7S/c20-11-6-8-13(9-7-11)24-18-16(23)17(15(22)14(10-21)26-18)27-19(28)25-12-4-2-1-3-5-12/h1-9,14-18,21-23H,10H2/t14-,15-,16+,17+,18-/m1/s1. The first-order valence-electron chi connectivity index (χ1n) is 8.46. The van der Waals surface area contributed by atoms with E-state index >= 15 is 0 Å². The van der Waals surface area contributed by atoms with E-state index in [2.05, 4.69) is 0 Å². The summed E-state index contributed by atoms with van der Waals surface area (Å²) < 4.78 is 34.7. The van der Waals surface area contributed by atoms with Gasteiger partial charge < -0.3 is 34.3 Å². The van der Waals surface area contributed by atoms with Crippen molar-refractivity contribution < 1.29 is 38.7 Å². The summed E-state index contributed by atoms with van der Waals surface area (Å²) in [5.74, 6) is 0.187. The van der Waals surface area contributed by atoms with Crippen LogP contribution in [-0.4, -0.2) is 57.9 Å². The van der Waals surface area contributed by atoms with Gasteiger partial charge in [0.2, 0.25) is 6.29 Å². The Labute approximate surface area is 165 Å². The van der Waals surface area contributed by atoms with Crippen molar-refractivity contribution in [3.05, 3.63) is 60.4 Å². The highest BCUT2D eigenvalue weighted by atomic mass is 32.1. The topological polar surface area (TPSA) is 97.6 Å². The van der Waals surface area contributed by atoms with Gasteiger partial charge in [-0.3, -0.25) is 0 Å². The molecule has 0 aromatic heterocycles. The second-order valence-electron chi connectivity index (χ2n) is 6.03. The largest absolute Gasteiger partial charge is 0.462 e. The minimum absolute atomic E-state index is 0.223. The molecule has 7 nitrogen and oxygen atoms in total. The Kier molecular flexibility index (Phi) is 6.76. The lowest BCUT2D eigenvalue weighted by atomic mass is 9.99. The summed E-state index contributed by atoms with van der Waals surface area (Å²) in [4.78, 5) is 0. The van der Waals surface area contributed by atoms with E-state index in [0.717, 1.165) is 0 Å². The average Bonchev–Trinajstić information content (AvgIpc) is 2.69. The molecule has 2 aromatic rings. The molecule has 0 radical (unpaired) electrons. The van der Waals surface area contributed by atoms with Crippen molar-refractivity contribution in [1.29, 1.82) is 0 Å². The normalized spacial score (nSPS) is 27.1. The molecule has 3 N–H and O–H groups in total. The maximum absolute atomic E-state index is 13.0. The van der Waals surface area contributed by atoms with Crippen molar-refractivity contribution in [3.8, 4) is 11.5 Å². The van der Waals surface area contributed by atoms with Crippen LogP contribution < -0.4 is 9.47 Å². The van der Waals surface area contributed by atoms with Crippen LogP contribution in [0, 0.1) is 5.82 Å². The number of aliphatic hydroxyl groups is 3. The Morgan fingerprint density at radius 3 is 2.32 bits per heavy atom. The van der Waals surface area contributed by atoms with E-state index in [9.17, 15) is 19.7 Å².